The number of anilines is 1. The highest BCUT2D eigenvalue weighted by Gasteiger charge is 2.28. The first-order valence-electron chi connectivity index (χ1n) is 9.16. The summed E-state index contributed by atoms with van der Waals surface area (Å²) in [4.78, 5) is 11.4. The van der Waals surface area contributed by atoms with Crippen molar-refractivity contribution in [2.75, 3.05) is 18.0 Å². The van der Waals surface area contributed by atoms with E-state index in [-0.39, 0.29) is 10.6 Å². The molecule has 3 rings (SSSR count). The van der Waals surface area contributed by atoms with Gasteiger partial charge in [0.05, 0.1) is 17.7 Å². The van der Waals surface area contributed by atoms with E-state index in [1.165, 1.54) is 49.8 Å². The second-order valence-electron chi connectivity index (χ2n) is 6.47. The molecule has 0 radical (unpaired) electrons. The van der Waals surface area contributed by atoms with Gasteiger partial charge in [0.15, 0.2) is 12.4 Å². The van der Waals surface area contributed by atoms with E-state index in [9.17, 15) is 23.5 Å². The maximum atomic E-state index is 13.3. The minimum absolute atomic E-state index is 0.0659. The van der Waals surface area contributed by atoms with Gasteiger partial charge in [-0.05, 0) is 48.0 Å². The highest BCUT2D eigenvalue weighted by atomic mass is 32.2. The van der Waals surface area contributed by atoms with E-state index >= 15 is 0 Å². The van der Waals surface area contributed by atoms with Crippen LogP contribution in [0.25, 0.3) is 12.2 Å². The number of carboxylic acid groups (broad SMARTS) is 1. The Kier molecular flexibility index (Phi) is 6.56. The van der Waals surface area contributed by atoms with Crippen molar-refractivity contribution in [2.45, 2.75) is 4.90 Å². The zero-order valence-corrected chi connectivity index (χ0v) is 17.4. The van der Waals surface area contributed by atoms with E-state index in [1.54, 1.807) is 42.5 Å². The molecular weight excluding hydrogens is 420 g/mol. The van der Waals surface area contributed by atoms with Gasteiger partial charge < -0.3 is 15.1 Å². The topological polar surface area (TPSA) is 111 Å². The van der Waals surface area contributed by atoms with Crippen molar-refractivity contribution in [3.8, 4) is 5.75 Å². The fourth-order valence-corrected chi connectivity index (χ4v) is 4.35. The molecule has 8 nitrogen and oxygen atoms in total. The Morgan fingerprint density at radius 2 is 1.81 bits per heavy atom. The van der Waals surface area contributed by atoms with Gasteiger partial charge in [0.1, 0.15) is 12.3 Å². The van der Waals surface area contributed by atoms with Crippen molar-refractivity contribution in [3.63, 3.8) is 0 Å². The summed E-state index contributed by atoms with van der Waals surface area (Å²) in [5, 5.41) is 20.8. The number of rotatable bonds is 8. The monoisotopic (exact) mass is 440 g/mol. The molecule has 9 heteroatoms. The molecule has 1 aromatic heterocycles. The minimum atomic E-state index is -4.18. The van der Waals surface area contributed by atoms with Crippen LogP contribution in [-0.2, 0) is 14.8 Å². The zero-order chi connectivity index (χ0) is 22.4. The van der Waals surface area contributed by atoms with Crippen LogP contribution < -0.4 is 13.8 Å². The highest BCUT2D eigenvalue weighted by Crippen LogP contribution is 2.29. The first-order chi connectivity index (χ1) is 14.8. The summed E-state index contributed by atoms with van der Waals surface area (Å²) < 4.78 is 33.1. The van der Waals surface area contributed by atoms with Crippen molar-refractivity contribution in [1.29, 1.82) is 0 Å². The molecule has 0 saturated carbocycles. The van der Waals surface area contributed by atoms with Gasteiger partial charge in [-0.15, -0.1) is 0 Å². The molecule has 1 N–H and O–H groups in total. The van der Waals surface area contributed by atoms with Crippen LogP contribution in [0.3, 0.4) is 0 Å². The van der Waals surface area contributed by atoms with E-state index in [0.717, 1.165) is 4.31 Å². The van der Waals surface area contributed by atoms with Crippen LogP contribution in [0.5, 0.6) is 5.75 Å². The molecule has 0 spiro atoms. The molecule has 0 atom stereocenters. The molecule has 0 aliphatic heterocycles. The molecule has 0 saturated heterocycles. The van der Waals surface area contributed by atoms with E-state index in [2.05, 4.69) is 0 Å². The lowest BCUT2D eigenvalue weighted by Gasteiger charge is -2.24. The van der Waals surface area contributed by atoms with Crippen LogP contribution in [0.1, 0.15) is 11.1 Å². The van der Waals surface area contributed by atoms with Gasteiger partial charge in [-0.3, -0.25) is 9.10 Å². The van der Waals surface area contributed by atoms with Crippen LogP contribution in [0.15, 0.2) is 78.0 Å². The summed E-state index contributed by atoms with van der Waals surface area (Å²) in [6.07, 6.45) is 5.98. The van der Waals surface area contributed by atoms with Crippen molar-refractivity contribution in [2.24, 2.45) is 0 Å². The number of hydrogen-bond donors (Lipinski definition) is 1. The van der Waals surface area contributed by atoms with Crippen molar-refractivity contribution < 1.29 is 27.8 Å². The number of sulfonamides is 1. The molecule has 1 heterocycles. The average molecular weight is 440 g/mol. The summed E-state index contributed by atoms with van der Waals surface area (Å²) in [6, 6.07) is 15.5. The summed E-state index contributed by atoms with van der Waals surface area (Å²) in [7, 11) is -2.72. The number of aromatic nitrogens is 1. The lowest BCUT2D eigenvalue weighted by atomic mass is 10.1. The standard InChI is InChI=1S/C22H20N2O6S/c1-30-19-10-12-20(13-11-19)31(28,29)24(16-22(25)26)21-7-3-2-6-18(21)9-8-17-5-4-14-23(27)15-17/h2-15H,16H2,1H3,(H,25,26)/b9-8-. The third-order valence-corrected chi connectivity index (χ3v) is 6.16. The van der Waals surface area contributed by atoms with Gasteiger partial charge >= 0.3 is 5.97 Å². The van der Waals surface area contributed by atoms with Gasteiger partial charge in [0.25, 0.3) is 10.0 Å². The second-order valence-corrected chi connectivity index (χ2v) is 8.33. The smallest absolute Gasteiger partial charge is 0.324 e. The first-order valence-corrected chi connectivity index (χ1v) is 10.6. The van der Waals surface area contributed by atoms with Crippen molar-refractivity contribution >= 4 is 33.8 Å². The molecule has 31 heavy (non-hydrogen) atoms. The van der Waals surface area contributed by atoms with Crippen LogP contribution in [0.2, 0.25) is 0 Å². The fourth-order valence-electron chi connectivity index (χ4n) is 2.91. The zero-order valence-electron chi connectivity index (χ0n) is 16.6. The number of methoxy groups -OCH3 is 1. The number of aliphatic carboxylic acids is 1. The molecule has 0 unspecified atom stereocenters. The lowest BCUT2D eigenvalue weighted by Crippen LogP contribution is -2.36. The fraction of sp³-hybridized carbons (Fsp3) is 0.0909. The molecular formula is C22H20N2O6S. The summed E-state index contributed by atoms with van der Waals surface area (Å²) in [6.45, 7) is -0.759. The van der Waals surface area contributed by atoms with Gasteiger partial charge in [0.2, 0.25) is 0 Å². The van der Waals surface area contributed by atoms with E-state index in [1.807, 2.05) is 0 Å². The Morgan fingerprint density at radius 3 is 2.45 bits per heavy atom. The quantitative estimate of drug-likeness (QED) is 0.426. The minimum Gasteiger partial charge on any atom is -0.619 e. The second kappa shape index (κ2) is 9.31. The maximum Gasteiger partial charge on any atom is 0.324 e. The highest BCUT2D eigenvalue weighted by molar-refractivity contribution is 7.92. The number of hydrogen-bond acceptors (Lipinski definition) is 5. The molecule has 0 aliphatic carbocycles. The molecule has 160 valence electrons. The Hall–Kier alpha value is -3.85. The molecule has 0 bridgehead atoms. The first kappa shape index (κ1) is 21.8. The van der Waals surface area contributed by atoms with Crippen molar-refractivity contribution in [1.82, 2.24) is 0 Å². The number of ether oxygens (including phenoxy) is 1. The normalized spacial score (nSPS) is 11.4. The van der Waals surface area contributed by atoms with E-state index < -0.39 is 22.5 Å². The van der Waals surface area contributed by atoms with Crippen molar-refractivity contribution in [3.05, 3.63) is 89.4 Å². The Morgan fingerprint density at radius 1 is 1.10 bits per heavy atom. The molecule has 0 amide bonds. The van der Waals surface area contributed by atoms with Crippen LogP contribution in [0.4, 0.5) is 5.69 Å². The SMILES string of the molecule is COc1ccc(S(=O)(=O)N(CC(=O)O)c2ccccc2/C=C\c2ccc[n+]([O-])c2)cc1. The largest absolute Gasteiger partial charge is 0.619 e. The molecule has 2 aromatic carbocycles. The Balaban J connectivity index is 2.06. The Bertz CT molecular complexity index is 1210. The molecule has 0 aliphatic rings. The Labute approximate surface area is 179 Å². The number of para-hydroxylation sites is 1. The number of carboxylic acids is 1. The average Bonchev–Trinajstić information content (AvgIpc) is 2.76. The summed E-state index contributed by atoms with van der Waals surface area (Å²) in [5.41, 5.74) is 1.28. The van der Waals surface area contributed by atoms with Crippen LogP contribution >= 0.6 is 0 Å². The van der Waals surface area contributed by atoms with E-state index in [0.29, 0.717) is 21.6 Å². The number of pyridine rings is 1. The molecule has 3 aromatic rings. The summed E-state index contributed by atoms with van der Waals surface area (Å²) in [5.74, 6) is -0.822. The van der Waals surface area contributed by atoms with Gasteiger partial charge in [-0.1, -0.05) is 24.3 Å². The van der Waals surface area contributed by atoms with E-state index in [4.69, 9.17) is 4.74 Å². The van der Waals surface area contributed by atoms with Gasteiger partial charge in [0, 0.05) is 11.6 Å². The van der Waals surface area contributed by atoms with Gasteiger partial charge in [-0.25, -0.2) is 8.42 Å². The van der Waals surface area contributed by atoms with Gasteiger partial charge in [-0.2, -0.15) is 4.73 Å². The number of carbonyl (C=O) groups is 1. The van der Waals surface area contributed by atoms with Crippen LogP contribution in [0, 0.1) is 5.21 Å². The summed E-state index contributed by atoms with van der Waals surface area (Å²) >= 11 is 0. The maximum absolute atomic E-state index is 13.3. The predicted molar refractivity (Wildman–Crippen MR) is 116 cm³/mol. The molecule has 0 fully saturated rings. The predicted octanol–water partition coefficient (Wildman–Crippen LogP) is 2.78. The lowest BCUT2D eigenvalue weighted by molar-refractivity contribution is -0.605. The third kappa shape index (κ3) is 5.20. The number of benzene rings is 2. The van der Waals surface area contributed by atoms with Crippen LogP contribution in [-0.4, -0.2) is 33.1 Å². The number of nitrogens with zero attached hydrogens (tertiary/aromatic N) is 2. The third-order valence-electron chi connectivity index (χ3n) is 4.39.